The SMILES string of the molecule is CC(C)(C)CCS(=O)(=O)NCCN.Cl. The van der Waals surface area contributed by atoms with Crippen molar-refractivity contribution in [3.05, 3.63) is 0 Å². The van der Waals surface area contributed by atoms with Crippen molar-refractivity contribution < 1.29 is 8.42 Å². The molecule has 0 atom stereocenters. The van der Waals surface area contributed by atoms with Gasteiger partial charge in [-0.1, -0.05) is 20.8 Å². The van der Waals surface area contributed by atoms with E-state index in [0.717, 1.165) is 0 Å². The number of sulfonamides is 1. The minimum absolute atomic E-state index is 0. The first-order valence-corrected chi connectivity index (χ1v) is 6.09. The fourth-order valence-electron chi connectivity index (χ4n) is 0.727. The minimum atomic E-state index is -3.11. The molecule has 3 N–H and O–H groups in total. The van der Waals surface area contributed by atoms with Crippen molar-refractivity contribution in [2.45, 2.75) is 27.2 Å². The van der Waals surface area contributed by atoms with E-state index in [1.54, 1.807) is 0 Å². The van der Waals surface area contributed by atoms with E-state index in [0.29, 0.717) is 19.5 Å². The van der Waals surface area contributed by atoms with E-state index < -0.39 is 10.0 Å². The third-order valence-electron chi connectivity index (χ3n) is 1.59. The molecule has 0 aliphatic rings. The first-order chi connectivity index (χ1) is 5.77. The Kier molecular flexibility index (Phi) is 7.83. The summed E-state index contributed by atoms with van der Waals surface area (Å²) in [4.78, 5) is 0. The third kappa shape index (κ3) is 10.2. The third-order valence-corrected chi connectivity index (χ3v) is 2.97. The molecule has 0 spiro atoms. The van der Waals surface area contributed by atoms with Gasteiger partial charge in [0.15, 0.2) is 0 Å². The summed E-state index contributed by atoms with van der Waals surface area (Å²) < 4.78 is 25.0. The maximum Gasteiger partial charge on any atom is 0.211 e. The van der Waals surface area contributed by atoms with Crippen LogP contribution in [-0.4, -0.2) is 27.3 Å². The Labute approximate surface area is 93.1 Å². The van der Waals surface area contributed by atoms with Gasteiger partial charge in [-0.3, -0.25) is 0 Å². The van der Waals surface area contributed by atoms with Crippen LogP contribution in [0.1, 0.15) is 27.2 Å². The summed E-state index contributed by atoms with van der Waals surface area (Å²) in [5.41, 5.74) is 5.24. The van der Waals surface area contributed by atoms with Gasteiger partial charge in [0.05, 0.1) is 5.75 Å². The van der Waals surface area contributed by atoms with E-state index in [4.69, 9.17) is 5.73 Å². The van der Waals surface area contributed by atoms with Crippen molar-refractivity contribution in [3.8, 4) is 0 Å². The first kappa shape index (κ1) is 16.6. The Bertz CT molecular complexity index is 234. The molecule has 88 valence electrons. The predicted molar refractivity (Wildman–Crippen MR) is 62.2 cm³/mol. The molecule has 0 saturated carbocycles. The van der Waals surface area contributed by atoms with Crippen LogP contribution in [-0.2, 0) is 10.0 Å². The molecule has 0 heterocycles. The summed E-state index contributed by atoms with van der Waals surface area (Å²) >= 11 is 0. The van der Waals surface area contributed by atoms with Gasteiger partial charge in [0.25, 0.3) is 0 Å². The van der Waals surface area contributed by atoms with E-state index in [1.807, 2.05) is 20.8 Å². The van der Waals surface area contributed by atoms with E-state index in [-0.39, 0.29) is 23.6 Å². The second-order valence-corrected chi connectivity index (χ2v) is 6.24. The van der Waals surface area contributed by atoms with Crippen molar-refractivity contribution in [3.63, 3.8) is 0 Å². The molecule has 0 aliphatic carbocycles. The van der Waals surface area contributed by atoms with Crippen molar-refractivity contribution in [2.24, 2.45) is 11.1 Å². The molecule has 0 bridgehead atoms. The lowest BCUT2D eigenvalue weighted by molar-refractivity contribution is 0.396. The smallest absolute Gasteiger partial charge is 0.211 e. The molecule has 0 fully saturated rings. The second kappa shape index (κ2) is 6.61. The van der Waals surface area contributed by atoms with Crippen LogP contribution in [0.2, 0.25) is 0 Å². The van der Waals surface area contributed by atoms with Crippen LogP contribution in [0.15, 0.2) is 0 Å². The van der Waals surface area contributed by atoms with Gasteiger partial charge >= 0.3 is 0 Å². The van der Waals surface area contributed by atoms with Crippen molar-refractivity contribution in [1.29, 1.82) is 0 Å². The molecule has 0 aromatic rings. The Balaban J connectivity index is 0. The highest BCUT2D eigenvalue weighted by Gasteiger charge is 2.16. The summed E-state index contributed by atoms with van der Waals surface area (Å²) in [5.74, 6) is 0.177. The van der Waals surface area contributed by atoms with Gasteiger partial charge < -0.3 is 5.73 Å². The summed E-state index contributed by atoms with van der Waals surface area (Å²) in [6.45, 7) is 6.73. The van der Waals surface area contributed by atoms with Crippen molar-refractivity contribution in [2.75, 3.05) is 18.8 Å². The summed E-state index contributed by atoms with van der Waals surface area (Å²) in [6.07, 6.45) is 0.660. The molecule has 0 saturated heterocycles. The summed E-state index contributed by atoms with van der Waals surface area (Å²) in [5, 5.41) is 0. The van der Waals surface area contributed by atoms with E-state index in [1.165, 1.54) is 0 Å². The molecule has 0 unspecified atom stereocenters. The van der Waals surface area contributed by atoms with E-state index in [9.17, 15) is 8.42 Å². The molecule has 6 heteroatoms. The Morgan fingerprint density at radius 3 is 2.14 bits per heavy atom. The second-order valence-electron chi connectivity index (χ2n) is 4.31. The number of halogens is 1. The van der Waals surface area contributed by atoms with Crippen LogP contribution in [0.5, 0.6) is 0 Å². The highest BCUT2D eigenvalue weighted by molar-refractivity contribution is 7.89. The Morgan fingerprint density at radius 1 is 1.29 bits per heavy atom. The van der Waals surface area contributed by atoms with Gasteiger partial charge in [-0.15, -0.1) is 12.4 Å². The number of nitrogens with two attached hydrogens (primary N) is 1. The van der Waals surface area contributed by atoms with Crippen LogP contribution in [0, 0.1) is 5.41 Å². The van der Waals surface area contributed by atoms with Crippen LogP contribution in [0.4, 0.5) is 0 Å². The van der Waals surface area contributed by atoms with Crippen LogP contribution >= 0.6 is 12.4 Å². The Hall–Kier alpha value is 0.160. The lowest BCUT2D eigenvalue weighted by Gasteiger charge is -2.17. The molecule has 4 nitrogen and oxygen atoms in total. The minimum Gasteiger partial charge on any atom is -0.329 e. The Morgan fingerprint density at radius 2 is 1.79 bits per heavy atom. The topological polar surface area (TPSA) is 72.2 Å². The zero-order valence-electron chi connectivity index (χ0n) is 9.04. The van der Waals surface area contributed by atoms with Crippen LogP contribution in [0.25, 0.3) is 0 Å². The van der Waals surface area contributed by atoms with Crippen molar-refractivity contribution >= 4 is 22.4 Å². The standard InChI is InChI=1S/C8H20N2O2S.ClH/c1-8(2,3)4-7-13(11,12)10-6-5-9;/h10H,4-7,9H2,1-3H3;1H. The molecular formula is C8H21ClN2O2S. The van der Waals surface area contributed by atoms with Gasteiger partial charge in [-0.05, 0) is 11.8 Å². The first-order valence-electron chi connectivity index (χ1n) is 4.44. The number of hydrogen-bond donors (Lipinski definition) is 2. The predicted octanol–water partition coefficient (Wildman–Crippen LogP) is 0.722. The van der Waals surface area contributed by atoms with E-state index in [2.05, 4.69) is 4.72 Å². The van der Waals surface area contributed by atoms with Crippen molar-refractivity contribution in [1.82, 2.24) is 4.72 Å². The molecule has 0 aliphatic heterocycles. The van der Waals surface area contributed by atoms with E-state index >= 15 is 0 Å². The fourth-order valence-corrected chi connectivity index (χ4v) is 2.18. The van der Waals surface area contributed by atoms with Crippen LogP contribution < -0.4 is 10.5 Å². The average Bonchev–Trinajstić information content (AvgIpc) is 1.97. The number of hydrogen-bond acceptors (Lipinski definition) is 3. The van der Waals surface area contributed by atoms with Gasteiger partial charge in [0.1, 0.15) is 0 Å². The highest BCUT2D eigenvalue weighted by atomic mass is 35.5. The number of rotatable bonds is 5. The molecule has 0 radical (unpaired) electrons. The maximum absolute atomic E-state index is 11.3. The monoisotopic (exact) mass is 244 g/mol. The largest absolute Gasteiger partial charge is 0.329 e. The molecule has 0 aromatic carbocycles. The fraction of sp³-hybridized carbons (Fsp3) is 1.00. The van der Waals surface area contributed by atoms with Gasteiger partial charge in [-0.25, -0.2) is 13.1 Å². The zero-order chi connectivity index (χ0) is 10.5. The van der Waals surface area contributed by atoms with Gasteiger partial charge in [0.2, 0.25) is 10.0 Å². The summed E-state index contributed by atoms with van der Waals surface area (Å²) in [7, 11) is -3.11. The normalized spacial score (nSPS) is 12.3. The molecule has 14 heavy (non-hydrogen) atoms. The molecule has 0 amide bonds. The van der Waals surface area contributed by atoms with Gasteiger partial charge in [0, 0.05) is 13.1 Å². The molecular weight excluding hydrogens is 224 g/mol. The molecule has 0 aromatic heterocycles. The average molecular weight is 245 g/mol. The number of nitrogens with one attached hydrogen (secondary N) is 1. The highest BCUT2D eigenvalue weighted by Crippen LogP contribution is 2.18. The maximum atomic E-state index is 11.3. The summed E-state index contributed by atoms with van der Waals surface area (Å²) in [6, 6.07) is 0. The lowest BCUT2D eigenvalue weighted by atomic mass is 9.94. The quantitative estimate of drug-likeness (QED) is 0.749. The van der Waals surface area contributed by atoms with Gasteiger partial charge in [-0.2, -0.15) is 0 Å². The zero-order valence-corrected chi connectivity index (χ0v) is 10.7. The molecule has 0 rings (SSSR count). The van der Waals surface area contributed by atoms with Crippen LogP contribution in [0.3, 0.4) is 0 Å². The lowest BCUT2D eigenvalue weighted by Crippen LogP contribution is -2.32.